The molecule has 0 spiro atoms. The molecule has 186 valence electrons. The second-order valence-electron chi connectivity index (χ2n) is 8.50. The summed E-state index contributed by atoms with van der Waals surface area (Å²) in [5, 5.41) is 13.1. The first-order valence-electron chi connectivity index (χ1n) is 11.3. The van der Waals surface area contributed by atoms with Crippen LogP contribution >= 0.6 is 23.2 Å². The lowest BCUT2D eigenvalue weighted by Crippen LogP contribution is -2.56. The van der Waals surface area contributed by atoms with Crippen LogP contribution in [0.25, 0.3) is 0 Å². The molecule has 3 aromatic rings. The Morgan fingerprint density at radius 3 is 2.39 bits per heavy atom. The summed E-state index contributed by atoms with van der Waals surface area (Å²) in [6.45, 7) is 0.224. The zero-order chi connectivity index (χ0) is 25.7. The highest BCUT2D eigenvalue weighted by Crippen LogP contribution is 2.26. The van der Waals surface area contributed by atoms with Crippen molar-refractivity contribution in [3.05, 3.63) is 105 Å². The van der Waals surface area contributed by atoms with Crippen molar-refractivity contribution in [2.45, 2.75) is 38.1 Å². The minimum atomic E-state index is -1.25. The van der Waals surface area contributed by atoms with Gasteiger partial charge in [0, 0.05) is 22.9 Å². The quantitative estimate of drug-likeness (QED) is 0.457. The van der Waals surface area contributed by atoms with Gasteiger partial charge in [-0.05, 0) is 34.4 Å². The van der Waals surface area contributed by atoms with E-state index in [1.807, 2.05) is 54.6 Å². The maximum absolute atomic E-state index is 13.4. The first-order chi connectivity index (χ1) is 17.3. The van der Waals surface area contributed by atoms with E-state index in [-0.39, 0.29) is 26.0 Å². The Bertz CT molecular complexity index is 1270. The van der Waals surface area contributed by atoms with E-state index in [4.69, 9.17) is 27.9 Å². The van der Waals surface area contributed by atoms with Crippen LogP contribution in [0.3, 0.4) is 0 Å². The molecule has 2 atom stereocenters. The fourth-order valence-corrected chi connectivity index (χ4v) is 4.61. The van der Waals surface area contributed by atoms with Crippen molar-refractivity contribution in [2.75, 3.05) is 0 Å². The Morgan fingerprint density at radius 2 is 1.69 bits per heavy atom. The molecule has 2 N–H and O–H groups in total. The monoisotopic (exact) mass is 526 g/mol. The van der Waals surface area contributed by atoms with Crippen LogP contribution in [0.2, 0.25) is 10.0 Å². The van der Waals surface area contributed by atoms with E-state index in [0.717, 1.165) is 16.7 Å². The summed E-state index contributed by atoms with van der Waals surface area (Å²) >= 11 is 12.1. The number of hydrogen-bond donors (Lipinski definition) is 2. The number of ether oxygens (including phenoxy) is 1. The second-order valence-corrected chi connectivity index (χ2v) is 9.34. The average molecular weight is 527 g/mol. The first-order valence-corrected chi connectivity index (χ1v) is 12.1. The number of nitrogens with one attached hydrogen (secondary N) is 1. The predicted molar refractivity (Wildman–Crippen MR) is 136 cm³/mol. The number of carbonyl (C=O) groups excluding carboxylic acids is 2. The van der Waals surface area contributed by atoms with Crippen molar-refractivity contribution in [3.8, 4) is 0 Å². The Morgan fingerprint density at radius 1 is 1.00 bits per heavy atom. The lowest BCUT2D eigenvalue weighted by Gasteiger charge is -2.35. The number of hydrogen-bond acceptors (Lipinski definition) is 4. The van der Waals surface area contributed by atoms with Gasteiger partial charge in [0.1, 0.15) is 18.7 Å². The fraction of sp³-hybridized carbons (Fsp3) is 0.222. The van der Waals surface area contributed by atoms with Crippen LogP contribution in [0.4, 0.5) is 4.79 Å². The van der Waals surface area contributed by atoms with Crippen LogP contribution in [0, 0.1) is 0 Å². The Balaban J connectivity index is 1.52. The van der Waals surface area contributed by atoms with E-state index in [1.165, 1.54) is 11.0 Å². The number of carboxylic acid groups (broad SMARTS) is 1. The summed E-state index contributed by atoms with van der Waals surface area (Å²) in [5.74, 6) is -1.80. The lowest BCUT2D eigenvalue weighted by molar-refractivity contribution is -0.142. The summed E-state index contributed by atoms with van der Waals surface area (Å²) in [6, 6.07) is 19.3. The van der Waals surface area contributed by atoms with E-state index >= 15 is 0 Å². The molecule has 4 rings (SSSR count). The van der Waals surface area contributed by atoms with E-state index in [0.29, 0.717) is 15.6 Å². The number of carbonyl (C=O) groups is 3. The van der Waals surface area contributed by atoms with E-state index in [1.54, 1.807) is 12.1 Å². The topological polar surface area (TPSA) is 95.9 Å². The van der Waals surface area contributed by atoms with Crippen molar-refractivity contribution in [3.63, 3.8) is 0 Å². The summed E-state index contributed by atoms with van der Waals surface area (Å²) in [7, 11) is 0. The van der Waals surface area contributed by atoms with Gasteiger partial charge >= 0.3 is 12.1 Å². The van der Waals surface area contributed by atoms with Crippen LogP contribution in [-0.4, -0.2) is 40.1 Å². The average Bonchev–Trinajstić information content (AvgIpc) is 2.88. The molecule has 9 heteroatoms. The van der Waals surface area contributed by atoms with Crippen molar-refractivity contribution in [1.29, 1.82) is 0 Å². The van der Waals surface area contributed by atoms with Gasteiger partial charge in [0.15, 0.2) is 0 Å². The molecule has 0 unspecified atom stereocenters. The van der Waals surface area contributed by atoms with Gasteiger partial charge < -0.3 is 15.2 Å². The van der Waals surface area contributed by atoms with Crippen LogP contribution in [0.5, 0.6) is 0 Å². The molecule has 1 heterocycles. The van der Waals surface area contributed by atoms with E-state index < -0.39 is 30.1 Å². The fourth-order valence-electron chi connectivity index (χ4n) is 4.13. The van der Waals surface area contributed by atoms with Gasteiger partial charge in [-0.1, -0.05) is 83.9 Å². The van der Waals surface area contributed by atoms with Crippen molar-refractivity contribution in [2.24, 2.45) is 0 Å². The van der Waals surface area contributed by atoms with E-state index in [9.17, 15) is 19.5 Å². The molecular formula is C27H24Cl2N2O5. The number of nitrogens with zero attached hydrogens (tertiary/aromatic N) is 1. The summed E-state index contributed by atoms with van der Waals surface area (Å²) in [4.78, 5) is 39.8. The third-order valence-corrected chi connectivity index (χ3v) is 6.63. The Hall–Kier alpha value is -3.55. The maximum Gasteiger partial charge on any atom is 0.411 e. The number of fused-ring (bicyclic) bond motifs is 1. The highest BCUT2D eigenvalue weighted by Gasteiger charge is 2.37. The molecular weight excluding hydrogens is 503 g/mol. The maximum atomic E-state index is 13.4. The number of halogens is 2. The molecule has 0 bridgehead atoms. The van der Waals surface area contributed by atoms with Crippen LogP contribution in [0.15, 0.2) is 72.8 Å². The molecule has 2 amide bonds. The number of carboxylic acids is 1. The van der Waals surface area contributed by atoms with E-state index in [2.05, 4.69) is 5.32 Å². The summed E-state index contributed by atoms with van der Waals surface area (Å²) in [5.41, 5.74) is 3.16. The predicted octanol–water partition coefficient (Wildman–Crippen LogP) is 4.87. The Kier molecular flexibility index (Phi) is 8.13. The normalized spacial score (nSPS) is 15.5. The van der Waals surface area contributed by atoms with Crippen molar-refractivity contribution < 1.29 is 24.2 Å². The lowest BCUT2D eigenvalue weighted by atomic mass is 9.93. The highest BCUT2D eigenvalue weighted by atomic mass is 35.5. The second kappa shape index (κ2) is 11.5. The zero-order valence-corrected chi connectivity index (χ0v) is 20.7. The largest absolute Gasteiger partial charge is 0.480 e. The third kappa shape index (κ3) is 6.17. The summed E-state index contributed by atoms with van der Waals surface area (Å²) in [6.07, 6.45) is -0.462. The number of rotatable bonds is 7. The molecule has 0 saturated heterocycles. The molecule has 36 heavy (non-hydrogen) atoms. The number of aliphatic carboxylic acids is 1. The van der Waals surface area contributed by atoms with Crippen LogP contribution < -0.4 is 5.32 Å². The number of benzene rings is 3. The van der Waals surface area contributed by atoms with Crippen LogP contribution in [-0.2, 0) is 40.3 Å². The summed E-state index contributed by atoms with van der Waals surface area (Å²) < 4.78 is 5.50. The van der Waals surface area contributed by atoms with Gasteiger partial charge in [0.05, 0.1) is 6.54 Å². The van der Waals surface area contributed by atoms with Crippen molar-refractivity contribution in [1.82, 2.24) is 10.2 Å². The Labute approximate surface area is 218 Å². The first kappa shape index (κ1) is 25.5. The smallest absolute Gasteiger partial charge is 0.411 e. The molecule has 7 nitrogen and oxygen atoms in total. The SMILES string of the molecule is O=C(O)[C@H](Cc1ccc(Cl)cc1Cl)NC(=O)[C@@H]1Cc2ccccc2CN1C(=O)OCc1ccccc1. The molecule has 3 aromatic carbocycles. The molecule has 0 saturated carbocycles. The standard InChI is InChI=1S/C27H24Cl2N2O5/c28-21-11-10-19(22(29)14-21)12-23(26(33)34)30-25(32)24-13-18-8-4-5-9-20(18)15-31(24)27(35)36-16-17-6-2-1-3-7-17/h1-11,14,23-24H,12-13,15-16H2,(H,30,32)(H,33,34)/t23-,24-/m0/s1. The van der Waals surface area contributed by atoms with Gasteiger partial charge in [-0.25, -0.2) is 9.59 Å². The zero-order valence-electron chi connectivity index (χ0n) is 19.2. The van der Waals surface area contributed by atoms with Gasteiger partial charge in [0.25, 0.3) is 0 Å². The van der Waals surface area contributed by atoms with Gasteiger partial charge in [-0.3, -0.25) is 9.69 Å². The van der Waals surface area contributed by atoms with Gasteiger partial charge in [0.2, 0.25) is 5.91 Å². The molecule has 0 aliphatic carbocycles. The highest BCUT2D eigenvalue weighted by molar-refractivity contribution is 6.35. The molecule has 0 fully saturated rings. The minimum Gasteiger partial charge on any atom is -0.480 e. The van der Waals surface area contributed by atoms with Crippen LogP contribution in [0.1, 0.15) is 22.3 Å². The number of amides is 2. The molecule has 1 aliphatic heterocycles. The van der Waals surface area contributed by atoms with Crippen molar-refractivity contribution >= 4 is 41.2 Å². The molecule has 0 radical (unpaired) electrons. The minimum absolute atomic E-state index is 0.0428. The van der Waals surface area contributed by atoms with Gasteiger partial charge in [-0.15, -0.1) is 0 Å². The molecule has 0 aromatic heterocycles. The van der Waals surface area contributed by atoms with Gasteiger partial charge in [-0.2, -0.15) is 0 Å². The molecule has 1 aliphatic rings. The third-order valence-electron chi connectivity index (χ3n) is 6.04.